The van der Waals surface area contributed by atoms with Gasteiger partial charge in [0.2, 0.25) is 0 Å². The second-order valence-electron chi connectivity index (χ2n) is 2.92. The number of pyridine rings is 1. The van der Waals surface area contributed by atoms with E-state index in [1.165, 1.54) is 0 Å². The summed E-state index contributed by atoms with van der Waals surface area (Å²) in [5.74, 6) is 0. The van der Waals surface area contributed by atoms with Crippen LogP contribution in [0.2, 0.25) is 0 Å². The van der Waals surface area contributed by atoms with Gasteiger partial charge >= 0.3 is 0 Å². The monoisotopic (exact) mass is 259 g/mol. The van der Waals surface area contributed by atoms with E-state index in [4.69, 9.17) is 4.74 Å². The van der Waals surface area contributed by atoms with Gasteiger partial charge in [0.1, 0.15) is 0 Å². The Labute approximate surface area is 92.3 Å². The second-order valence-corrected chi connectivity index (χ2v) is 3.83. The van der Waals surface area contributed by atoms with E-state index in [0.717, 1.165) is 16.6 Å². The number of aryl methyl sites for hydroxylation is 1. The minimum Gasteiger partial charge on any atom is -0.368 e. The first-order valence-electron chi connectivity index (χ1n) is 4.62. The van der Waals surface area contributed by atoms with E-state index in [-0.39, 0.29) is 0 Å². The second kappa shape index (κ2) is 6.11. The van der Waals surface area contributed by atoms with E-state index in [1.807, 2.05) is 19.1 Å². The molecule has 1 atom stereocenters. The van der Waals surface area contributed by atoms with E-state index in [1.54, 1.807) is 6.20 Å². The van der Waals surface area contributed by atoms with Gasteiger partial charge in [0.25, 0.3) is 0 Å². The Balaban J connectivity index is 2.34. The highest BCUT2D eigenvalue weighted by Crippen LogP contribution is 2.09. The van der Waals surface area contributed by atoms with Gasteiger partial charge < -0.3 is 9.84 Å². The SMILES string of the molecule is CCOC(O)CCc1ccc(Br)cn1. The number of hydrogen-bond donors (Lipinski definition) is 1. The van der Waals surface area contributed by atoms with Crippen molar-refractivity contribution in [2.24, 2.45) is 0 Å². The summed E-state index contributed by atoms with van der Waals surface area (Å²) < 4.78 is 5.97. The number of aromatic nitrogens is 1. The van der Waals surface area contributed by atoms with Crippen molar-refractivity contribution >= 4 is 15.9 Å². The lowest BCUT2D eigenvalue weighted by atomic mass is 10.2. The standard InChI is InChI=1S/C10H14BrNO2/c1-2-14-10(13)6-5-9-4-3-8(11)7-12-9/h3-4,7,10,13H,2,5-6H2,1H3. The van der Waals surface area contributed by atoms with Crippen molar-refractivity contribution in [1.29, 1.82) is 0 Å². The number of hydrogen-bond acceptors (Lipinski definition) is 3. The zero-order chi connectivity index (χ0) is 10.4. The lowest BCUT2D eigenvalue weighted by Crippen LogP contribution is -2.12. The molecule has 1 heterocycles. The van der Waals surface area contributed by atoms with Crippen LogP contribution in [-0.4, -0.2) is 23.0 Å². The summed E-state index contributed by atoms with van der Waals surface area (Å²) in [7, 11) is 0. The molecule has 0 aromatic carbocycles. The first kappa shape index (κ1) is 11.6. The fourth-order valence-corrected chi connectivity index (χ4v) is 1.34. The van der Waals surface area contributed by atoms with Crippen LogP contribution in [0.4, 0.5) is 0 Å². The number of ether oxygens (including phenoxy) is 1. The highest BCUT2D eigenvalue weighted by Gasteiger charge is 2.03. The molecule has 3 nitrogen and oxygen atoms in total. The molecule has 0 amide bonds. The maximum Gasteiger partial charge on any atom is 0.154 e. The molecule has 0 bridgehead atoms. The molecule has 0 aliphatic heterocycles. The van der Waals surface area contributed by atoms with Gasteiger partial charge in [-0.1, -0.05) is 0 Å². The molecule has 1 aromatic rings. The topological polar surface area (TPSA) is 42.4 Å². The number of aliphatic hydroxyl groups is 1. The van der Waals surface area contributed by atoms with Crippen molar-refractivity contribution in [2.45, 2.75) is 26.1 Å². The third kappa shape index (κ3) is 4.17. The van der Waals surface area contributed by atoms with Crippen LogP contribution in [-0.2, 0) is 11.2 Å². The van der Waals surface area contributed by atoms with E-state index < -0.39 is 6.29 Å². The molecule has 1 aromatic heterocycles. The van der Waals surface area contributed by atoms with Crippen LogP contribution in [0, 0.1) is 0 Å². The highest BCUT2D eigenvalue weighted by atomic mass is 79.9. The summed E-state index contributed by atoms with van der Waals surface area (Å²) in [6.45, 7) is 2.40. The third-order valence-electron chi connectivity index (χ3n) is 1.80. The molecule has 0 saturated carbocycles. The zero-order valence-electron chi connectivity index (χ0n) is 8.11. The molecule has 0 saturated heterocycles. The lowest BCUT2D eigenvalue weighted by molar-refractivity contribution is -0.0981. The predicted octanol–water partition coefficient (Wildman–Crippen LogP) is 2.13. The van der Waals surface area contributed by atoms with E-state index >= 15 is 0 Å². The maximum absolute atomic E-state index is 9.31. The summed E-state index contributed by atoms with van der Waals surface area (Å²) >= 11 is 3.31. The van der Waals surface area contributed by atoms with Crippen molar-refractivity contribution < 1.29 is 9.84 Å². The molecule has 4 heteroatoms. The highest BCUT2D eigenvalue weighted by molar-refractivity contribution is 9.10. The first-order valence-corrected chi connectivity index (χ1v) is 5.41. The Morgan fingerprint density at radius 1 is 1.57 bits per heavy atom. The predicted molar refractivity (Wildman–Crippen MR) is 57.9 cm³/mol. The molecule has 1 N–H and O–H groups in total. The first-order chi connectivity index (χ1) is 6.72. The normalized spacial score (nSPS) is 12.8. The van der Waals surface area contributed by atoms with Crippen molar-refractivity contribution in [3.8, 4) is 0 Å². The molecule has 0 aliphatic carbocycles. The van der Waals surface area contributed by atoms with Gasteiger partial charge in [-0.05, 0) is 41.4 Å². The number of rotatable bonds is 5. The lowest BCUT2D eigenvalue weighted by Gasteiger charge is -2.09. The smallest absolute Gasteiger partial charge is 0.154 e. The molecule has 1 unspecified atom stereocenters. The van der Waals surface area contributed by atoms with E-state index in [9.17, 15) is 5.11 Å². The van der Waals surface area contributed by atoms with Crippen LogP contribution in [0.25, 0.3) is 0 Å². The summed E-state index contributed by atoms with van der Waals surface area (Å²) in [6.07, 6.45) is 2.39. The Morgan fingerprint density at radius 2 is 2.36 bits per heavy atom. The largest absolute Gasteiger partial charge is 0.368 e. The van der Waals surface area contributed by atoms with Gasteiger partial charge in [0, 0.05) is 29.4 Å². The van der Waals surface area contributed by atoms with Gasteiger partial charge in [-0.2, -0.15) is 0 Å². The maximum atomic E-state index is 9.31. The fourth-order valence-electron chi connectivity index (χ4n) is 1.10. The van der Waals surface area contributed by atoms with Crippen LogP contribution in [0.3, 0.4) is 0 Å². The Hall–Kier alpha value is -0.450. The third-order valence-corrected chi connectivity index (χ3v) is 2.26. The van der Waals surface area contributed by atoms with E-state index in [2.05, 4.69) is 20.9 Å². The molecule has 1 rings (SSSR count). The molecule has 0 aliphatic rings. The molecule has 0 fully saturated rings. The van der Waals surface area contributed by atoms with Crippen LogP contribution >= 0.6 is 15.9 Å². The summed E-state index contributed by atoms with van der Waals surface area (Å²) in [6, 6.07) is 3.87. The van der Waals surface area contributed by atoms with Gasteiger partial charge in [0.05, 0.1) is 0 Å². The molecular formula is C10H14BrNO2. The molecular weight excluding hydrogens is 246 g/mol. The molecule has 14 heavy (non-hydrogen) atoms. The Morgan fingerprint density at radius 3 is 2.93 bits per heavy atom. The summed E-state index contributed by atoms with van der Waals surface area (Å²) in [5.41, 5.74) is 0.965. The Kier molecular flexibility index (Phi) is 5.07. The van der Waals surface area contributed by atoms with Crippen LogP contribution in [0.5, 0.6) is 0 Å². The van der Waals surface area contributed by atoms with E-state index in [0.29, 0.717) is 13.0 Å². The number of aliphatic hydroxyl groups excluding tert-OH is 1. The van der Waals surface area contributed by atoms with Gasteiger partial charge in [0.15, 0.2) is 6.29 Å². The Bertz CT molecular complexity index is 263. The van der Waals surface area contributed by atoms with Crippen molar-refractivity contribution in [1.82, 2.24) is 4.98 Å². The quantitative estimate of drug-likeness (QED) is 0.824. The minimum absolute atomic E-state index is 0.537. The average molecular weight is 260 g/mol. The zero-order valence-corrected chi connectivity index (χ0v) is 9.70. The number of nitrogens with zero attached hydrogens (tertiary/aromatic N) is 1. The van der Waals surface area contributed by atoms with Crippen molar-refractivity contribution in [3.63, 3.8) is 0 Å². The van der Waals surface area contributed by atoms with Crippen molar-refractivity contribution in [3.05, 3.63) is 28.5 Å². The minimum atomic E-state index is -0.676. The van der Waals surface area contributed by atoms with Crippen LogP contribution in [0.1, 0.15) is 19.0 Å². The average Bonchev–Trinajstić information content (AvgIpc) is 2.17. The van der Waals surface area contributed by atoms with Gasteiger partial charge in [-0.3, -0.25) is 4.98 Å². The summed E-state index contributed by atoms with van der Waals surface area (Å²) in [5, 5.41) is 9.31. The number of halogens is 1. The van der Waals surface area contributed by atoms with Crippen LogP contribution in [0.15, 0.2) is 22.8 Å². The van der Waals surface area contributed by atoms with Gasteiger partial charge in [-0.15, -0.1) is 0 Å². The molecule has 0 radical (unpaired) electrons. The summed E-state index contributed by atoms with van der Waals surface area (Å²) in [4.78, 5) is 4.20. The fraction of sp³-hybridized carbons (Fsp3) is 0.500. The molecule has 78 valence electrons. The van der Waals surface area contributed by atoms with Gasteiger partial charge in [-0.25, -0.2) is 0 Å². The van der Waals surface area contributed by atoms with Crippen molar-refractivity contribution in [2.75, 3.05) is 6.61 Å². The molecule has 0 spiro atoms. The van der Waals surface area contributed by atoms with Crippen LogP contribution < -0.4 is 0 Å².